The molecule has 5 heteroatoms. The Bertz CT molecular complexity index is 1020. The number of methoxy groups -OCH3 is 1. The van der Waals surface area contributed by atoms with Crippen LogP contribution >= 0.6 is 15.9 Å². The number of fused-ring (bicyclic) bond motifs is 2. The van der Waals surface area contributed by atoms with Gasteiger partial charge in [-0.3, -0.25) is 4.79 Å². The summed E-state index contributed by atoms with van der Waals surface area (Å²) < 4.78 is 11.8. The fraction of sp³-hybridized carbons (Fsp3) is 0.0526. The van der Waals surface area contributed by atoms with Crippen LogP contribution in [0.25, 0.3) is 21.9 Å². The van der Waals surface area contributed by atoms with E-state index in [-0.39, 0.29) is 0 Å². The van der Waals surface area contributed by atoms with Gasteiger partial charge in [0.15, 0.2) is 6.29 Å². The molecule has 1 aliphatic heterocycles. The number of hydrogen-bond donors (Lipinski definition) is 0. The van der Waals surface area contributed by atoms with Gasteiger partial charge in [0.2, 0.25) is 0 Å². The summed E-state index contributed by atoms with van der Waals surface area (Å²) in [5.74, 6) is 0.865. The van der Waals surface area contributed by atoms with E-state index < -0.39 is 5.97 Å². The standard InChI is InChI=1S/C19H11BrO4/c1-23-19(22)13-5-4-12-14-8-11(20)3-7-15(14)24-16-6-2-10(9-21)17(13)18(12)16/h2-9H,1H3. The van der Waals surface area contributed by atoms with E-state index in [0.717, 1.165) is 33.0 Å². The quantitative estimate of drug-likeness (QED) is 0.362. The van der Waals surface area contributed by atoms with Crippen molar-refractivity contribution in [2.24, 2.45) is 0 Å². The molecule has 4 nitrogen and oxygen atoms in total. The Kier molecular flexibility index (Phi) is 3.39. The maximum atomic E-state index is 12.1. The monoisotopic (exact) mass is 382 g/mol. The second kappa shape index (κ2) is 5.46. The van der Waals surface area contributed by atoms with Gasteiger partial charge in [-0.25, -0.2) is 4.79 Å². The summed E-state index contributed by atoms with van der Waals surface area (Å²) in [6, 6.07) is 12.7. The first-order chi connectivity index (χ1) is 11.6. The molecule has 0 aromatic heterocycles. The maximum Gasteiger partial charge on any atom is 0.338 e. The molecule has 0 bridgehead atoms. The van der Waals surface area contributed by atoms with Crippen molar-refractivity contribution < 1.29 is 19.1 Å². The number of ether oxygens (including phenoxy) is 2. The minimum absolute atomic E-state index is 0.349. The van der Waals surface area contributed by atoms with E-state index in [2.05, 4.69) is 15.9 Å². The van der Waals surface area contributed by atoms with Crippen molar-refractivity contribution in [2.45, 2.75) is 0 Å². The zero-order chi connectivity index (χ0) is 16.8. The van der Waals surface area contributed by atoms with Crippen LogP contribution in [0.2, 0.25) is 0 Å². The molecular weight excluding hydrogens is 372 g/mol. The predicted octanol–water partition coefficient (Wildman–Crippen LogP) is 4.97. The third-order valence-corrected chi connectivity index (χ3v) is 4.63. The van der Waals surface area contributed by atoms with Crippen LogP contribution in [0, 0.1) is 0 Å². The molecule has 0 amide bonds. The molecule has 0 unspecified atom stereocenters. The Labute approximate surface area is 146 Å². The Balaban J connectivity index is 2.16. The first-order valence-corrected chi connectivity index (χ1v) is 8.04. The molecule has 0 N–H and O–H groups in total. The lowest BCUT2D eigenvalue weighted by Gasteiger charge is -2.23. The molecule has 0 radical (unpaired) electrons. The van der Waals surface area contributed by atoms with Crippen LogP contribution in [0.3, 0.4) is 0 Å². The van der Waals surface area contributed by atoms with E-state index in [9.17, 15) is 9.59 Å². The fourth-order valence-corrected chi connectivity index (χ4v) is 3.46. The first kappa shape index (κ1) is 14.9. The molecule has 1 heterocycles. The molecule has 0 spiro atoms. The summed E-state index contributed by atoms with van der Waals surface area (Å²) in [4.78, 5) is 23.6. The van der Waals surface area contributed by atoms with Crippen LogP contribution in [0.15, 0.2) is 46.9 Å². The lowest BCUT2D eigenvalue weighted by Crippen LogP contribution is -2.06. The summed E-state index contributed by atoms with van der Waals surface area (Å²) >= 11 is 3.47. The van der Waals surface area contributed by atoms with Crippen LogP contribution in [0.1, 0.15) is 20.7 Å². The van der Waals surface area contributed by atoms with Crippen LogP contribution in [-0.4, -0.2) is 19.4 Å². The molecule has 4 rings (SSSR count). The van der Waals surface area contributed by atoms with E-state index in [4.69, 9.17) is 9.47 Å². The molecular formula is C19H11BrO4. The van der Waals surface area contributed by atoms with E-state index >= 15 is 0 Å². The molecule has 0 saturated heterocycles. The minimum Gasteiger partial charge on any atom is -0.465 e. The molecule has 3 aromatic carbocycles. The number of benzene rings is 3. The van der Waals surface area contributed by atoms with Crippen molar-refractivity contribution in [1.82, 2.24) is 0 Å². The number of halogens is 1. The van der Waals surface area contributed by atoms with Crippen molar-refractivity contribution in [2.75, 3.05) is 7.11 Å². The zero-order valence-corrected chi connectivity index (χ0v) is 14.2. The molecule has 24 heavy (non-hydrogen) atoms. The summed E-state index contributed by atoms with van der Waals surface area (Å²) in [5, 5.41) is 1.30. The summed E-state index contributed by atoms with van der Waals surface area (Å²) in [7, 11) is 1.32. The van der Waals surface area contributed by atoms with Gasteiger partial charge >= 0.3 is 5.97 Å². The average Bonchev–Trinajstić information content (AvgIpc) is 2.61. The average molecular weight is 383 g/mol. The largest absolute Gasteiger partial charge is 0.465 e. The Morgan fingerprint density at radius 1 is 1.04 bits per heavy atom. The molecule has 0 aliphatic carbocycles. The number of hydrogen-bond acceptors (Lipinski definition) is 4. The smallest absolute Gasteiger partial charge is 0.338 e. The number of aldehydes is 1. The van der Waals surface area contributed by atoms with Gasteiger partial charge in [0, 0.05) is 26.4 Å². The predicted molar refractivity (Wildman–Crippen MR) is 93.9 cm³/mol. The van der Waals surface area contributed by atoms with Crippen LogP contribution in [-0.2, 0) is 4.74 Å². The molecule has 0 saturated carbocycles. The van der Waals surface area contributed by atoms with Gasteiger partial charge in [0.25, 0.3) is 0 Å². The number of esters is 1. The first-order valence-electron chi connectivity index (χ1n) is 7.25. The highest BCUT2D eigenvalue weighted by molar-refractivity contribution is 9.10. The second-order valence-corrected chi connectivity index (χ2v) is 6.33. The van der Waals surface area contributed by atoms with E-state index in [1.807, 2.05) is 24.3 Å². The zero-order valence-electron chi connectivity index (χ0n) is 12.6. The van der Waals surface area contributed by atoms with Gasteiger partial charge in [-0.05, 0) is 42.0 Å². The summed E-state index contributed by atoms with van der Waals surface area (Å²) in [6.07, 6.45) is 0.742. The van der Waals surface area contributed by atoms with Gasteiger partial charge < -0.3 is 9.47 Å². The van der Waals surface area contributed by atoms with Gasteiger partial charge in [-0.2, -0.15) is 0 Å². The fourth-order valence-electron chi connectivity index (χ4n) is 3.10. The SMILES string of the molecule is COC(=O)c1ccc2c3c(ccc(C=O)c13)Oc1ccc(Br)cc1-2. The molecule has 3 aromatic rings. The second-order valence-electron chi connectivity index (χ2n) is 5.42. The number of carbonyl (C=O) groups is 2. The Hall–Kier alpha value is -2.66. The lowest BCUT2D eigenvalue weighted by molar-refractivity contribution is 0.0603. The lowest BCUT2D eigenvalue weighted by atomic mass is 9.90. The number of rotatable bonds is 2. The summed E-state index contributed by atoms with van der Waals surface area (Å²) in [5.41, 5.74) is 2.60. The highest BCUT2D eigenvalue weighted by atomic mass is 79.9. The highest BCUT2D eigenvalue weighted by Crippen LogP contribution is 2.48. The van der Waals surface area contributed by atoms with Crippen LogP contribution in [0.4, 0.5) is 0 Å². The Morgan fingerprint density at radius 3 is 2.58 bits per heavy atom. The van der Waals surface area contributed by atoms with Crippen molar-refractivity contribution in [3.05, 3.63) is 58.1 Å². The molecule has 0 fully saturated rings. The van der Waals surface area contributed by atoms with Crippen molar-refractivity contribution in [1.29, 1.82) is 0 Å². The van der Waals surface area contributed by atoms with E-state index in [1.165, 1.54) is 7.11 Å². The van der Waals surface area contributed by atoms with E-state index in [1.54, 1.807) is 18.2 Å². The van der Waals surface area contributed by atoms with Gasteiger partial charge in [-0.15, -0.1) is 0 Å². The van der Waals surface area contributed by atoms with Crippen LogP contribution in [0.5, 0.6) is 11.5 Å². The van der Waals surface area contributed by atoms with Gasteiger partial charge in [-0.1, -0.05) is 22.0 Å². The summed E-state index contributed by atoms with van der Waals surface area (Å²) in [6.45, 7) is 0. The van der Waals surface area contributed by atoms with Gasteiger partial charge in [0.1, 0.15) is 11.5 Å². The Morgan fingerprint density at radius 2 is 1.83 bits per heavy atom. The van der Waals surface area contributed by atoms with Crippen molar-refractivity contribution in [3.63, 3.8) is 0 Å². The van der Waals surface area contributed by atoms with Crippen molar-refractivity contribution in [3.8, 4) is 22.6 Å². The molecule has 0 atom stereocenters. The van der Waals surface area contributed by atoms with Crippen LogP contribution < -0.4 is 4.74 Å². The van der Waals surface area contributed by atoms with Gasteiger partial charge in [0.05, 0.1) is 12.7 Å². The van der Waals surface area contributed by atoms with E-state index in [0.29, 0.717) is 22.3 Å². The minimum atomic E-state index is -0.484. The van der Waals surface area contributed by atoms with Crippen molar-refractivity contribution >= 4 is 39.0 Å². The normalized spacial score (nSPS) is 11.6. The third kappa shape index (κ3) is 2.05. The number of carbonyl (C=O) groups excluding carboxylic acids is 2. The third-order valence-electron chi connectivity index (χ3n) is 4.14. The topological polar surface area (TPSA) is 52.6 Å². The molecule has 118 valence electrons. The maximum absolute atomic E-state index is 12.1. The highest BCUT2D eigenvalue weighted by Gasteiger charge is 2.25. The molecule has 1 aliphatic rings.